The van der Waals surface area contributed by atoms with Gasteiger partial charge in [0.25, 0.3) is 0 Å². The average molecular weight is 637 g/mol. The largest absolute Gasteiger partial charge is 0.444 e. The van der Waals surface area contributed by atoms with Gasteiger partial charge in [-0.3, -0.25) is 10.6 Å². The molecule has 0 unspecified atom stereocenters. The van der Waals surface area contributed by atoms with Gasteiger partial charge in [0.1, 0.15) is 11.2 Å². The maximum absolute atomic E-state index is 12.3. The number of hydrogen-bond donors (Lipinski definition) is 2. The fourth-order valence-corrected chi connectivity index (χ4v) is 5.88. The normalized spacial score (nSPS) is 11.7. The smallest absolute Gasteiger partial charge is 0.412 e. The molecule has 0 atom stereocenters. The molecule has 6 aromatic rings. The van der Waals surface area contributed by atoms with E-state index in [-0.39, 0.29) is 0 Å². The number of fused-ring (bicyclic) bond motifs is 2. The third-order valence-corrected chi connectivity index (χ3v) is 7.82. The lowest BCUT2D eigenvalue weighted by atomic mass is 9.88. The summed E-state index contributed by atoms with van der Waals surface area (Å²) in [6.45, 7) is 11.1. The first-order valence-electron chi connectivity index (χ1n) is 16.1. The molecule has 0 heterocycles. The second kappa shape index (κ2) is 12.9. The summed E-state index contributed by atoms with van der Waals surface area (Å²) in [5.41, 5.74) is 6.85. The summed E-state index contributed by atoms with van der Waals surface area (Å²) < 4.78 is 10.8. The molecule has 0 aliphatic carbocycles. The summed E-state index contributed by atoms with van der Waals surface area (Å²) in [6.07, 6.45) is -0.953. The number of benzene rings is 6. The Kier molecular flexibility index (Phi) is 8.67. The zero-order valence-corrected chi connectivity index (χ0v) is 28.2. The van der Waals surface area contributed by atoms with E-state index in [0.717, 1.165) is 54.9 Å². The van der Waals surface area contributed by atoms with Gasteiger partial charge in [-0.05, 0) is 121 Å². The number of hydrogen-bond acceptors (Lipinski definition) is 4. The molecule has 0 bridgehead atoms. The van der Waals surface area contributed by atoms with Crippen molar-refractivity contribution in [2.75, 3.05) is 10.6 Å². The second-order valence-electron chi connectivity index (χ2n) is 13.8. The van der Waals surface area contributed by atoms with E-state index in [2.05, 4.69) is 83.4 Å². The van der Waals surface area contributed by atoms with Gasteiger partial charge in [0.05, 0.1) is 0 Å². The first kappa shape index (κ1) is 32.3. The quantitative estimate of drug-likeness (QED) is 0.197. The molecule has 6 nitrogen and oxygen atoms in total. The van der Waals surface area contributed by atoms with Crippen molar-refractivity contribution in [3.63, 3.8) is 0 Å². The van der Waals surface area contributed by atoms with Crippen LogP contribution in [0.2, 0.25) is 0 Å². The molecule has 6 rings (SSSR count). The van der Waals surface area contributed by atoms with Crippen molar-refractivity contribution in [3.8, 4) is 33.4 Å². The molecule has 6 heteroatoms. The minimum atomic E-state index is -0.565. The van der Waals surface area contributed by atoms with E-state index in [0.29, 0.717) is 11.4 Å². The maximum atomic E-state index is 12.3. The highest BCUT2D eigenvalue weighted by molar-refractivity contribution is 6.12. The van der Waals surface area contributed by atoms with Crippen LogP contribution < -0.4 is 10.6 Å². The van der Waals surface area contributed by atoms with Crippen molar-refractivity contribution in [1.29, 1.82) is 0 Å². The summed E-state index contributed by atoms with van der Waals surface area (Å²) in [4.78, 5) is 24.5. The van der Waals surface area contributed by atoms with Crippen LogP contribution >= 0.6 is 0 Å². The van der Waals surface area contributed by atoms with Crippen LogP contribution in [0.25, 0.3) is 54.9 Å². The monoisotopic (exact) mass is 636 g/mol. The predicted molar refractivity (Wildman–Crippen MR) is 197 cm³/mol. The molecule has 0 saturated carbocycles. The predicted octanol–water partition coefficient (Wildman–Crippen LogP) is 11.7. The SMILES string of the molecule is CC(C)(C)OC(=O)Nc1ccc(-c2ccc(-c3ccc(-c4ccc(NC(=O)OC(C)(C)C)cc4)c4ccccc34)c3ccccc23)cc1. The Hall–Kier alpha value is -5.62. The first-order valence-corrected chi connectivity index (χ1v) is 16.1. The van der Waals surface area contributed by atoms with E-state index in [1.807, 2.05) is 90.1 Å². The number of ether oxygens (including phenoxy) is 2. The summed E-state index contributed by atoms with van der Waals surface area (Å²) in [5.74, 6) is 0. The lowest BCUT2D eigenvalue weighted by Gasteiger charge is -2.20. The zero-order valence-electron chi connectivity index (χ0n) is 28.2. The van der Waals surface area contributed by atoms with Gasteiger partial charge in [-0.1, -0.05) is 97.1 Å². The summed E-state index contributed by atoms with van der Waals surface area (Å²) in [6, 6.07) is 41.4. The van der Waals surface area contributed by atoms with Gasteiger partial charge in [0.2, 0.25) is 0 Å². The molecule has 2 amide bonds. The Balaban J connectivity index is 1.32. The average Bonchev–Trinajstić information content (AvgIpc) is 3.03. The topological polar surface area (TPSA) is 76.7 Å². The second-order valence-corrected chi connectivity index (χ2v) is 13.8. The third-order valence-electron chi connectivity index (χ3n) is 7.82. The summed E-state index contributed by atoms with van der Waals surface area (Å²) in [7, 11) is 0. The van der Waals surface area contributed by atoms with Gasteiger partial charge in [-0.15, -0.1) is 0 Å². The van der Waals surface area contributed by atoms with Crippen molar-refractivity contribution in [1.82, 2.24) is 0 Å². The van der Waals surface area contributed by atoms with E-state index >= 15 is 0 Å². The molecule has 0 aliphatic rings. The molecule has 0 aromatic heterocycles. The zero-order chi connectivity index (χ0) is 34.1. The Labute approximate surface area is 281 Å². The van der Waals surface area contributed by atoms with E-state index in [1.54, 1.807) is 0 Å². The van der Waals surface area contributed by atoms with Crippen LogP contribution in [0.15, 0.2) is 121 Å². The number of anilines is 2. The van der Waals surface area contributed by atoms with Crippen molar-refractivity contribution in [3.05, 3.63) is 121 Å². The highest BCUT2D eigenvalue weighted by Gasteiger charge is 2.18. The minimum Gasteiger partial charge on any atom is -0.444 e. The molecule has 0 spiro atoms. The van der Waals surface area contributed by atoms with Gasteiger partial charge in [-0.2, -0.15) is 0 Å². The Morgan fingerprint density at radius 3 is 1.02 bits per heavy atom. The van der Waals surface area contributed by atoms with Crippen LogP contribution in [0.5, 0.6) is 0 Å². The van der Waals surface area contributed by atoms with Gasteiger partial charge in [-0.25, -0.2) is 9.59 Å². The minimum absolute atomic E-state index is 0.476. The molecule has 0 aliphatic heterocycles. The molecule has 2 N–H and O–H groups in total. The highest BCUT2D eigenvalue weighted by atomic mass is 16.6. The van der Waals surface area contributed by atoms with Gasteiger partial charge in [0.15, 0.2) is 0 Å². The van der Waals surface area contributed by atoms with Crippen molar-refractivity contribution < 1.29 is 19.1 Å². The number of amides is 2. The molecular weight excluding hydrogens is 596 g/mol. The van der Waals surface area contributed by atoms with Crippen LogP contribution in [0.3, 0.4) is 0 Å². The molecule has 6 aromatic carbocycles. The first-order chi connectivity index (χ1) is 22.8. The number of carbonyl (C=O) groups is 2. The highest BCUT2D eigenvalue weighted by Crippen LogP contribution is 2.41. The fraction of sp³-hybridized carbons (Fsp3) is 0.190. The van der Waals surface area contributed by atoms with E-state index in [9.17, 15) is 9.59 Å². The van der Waals surface area contributed by atoms with Gasteiger partial charge >= 0.3 is 12.2 Å². The Morgan fingerprint density at radius 2 is 0.708 bits per heavy atom. The molecule has 242 valence electrons. The molecule has 0 radical (unpaired) electrons. The van der Waals surface area contributed by atoms with Crippen LogP contribution in [0.4, 0.5) is 21.0 Å². The Bertz CT molecular complexity index is 1970. The third kappa shape index (κ3) is 7.34. The van der Waals surface area contributed by atoms with Crippen molar-refractivity contribution in [2.45, 2.75) is 52.7 Å². The number of rotatable bonds is 5. The Morgan fingerprint density at radius 1 is 0.417 bits per heavy atom. The van der Waals surface area contributed by atoms with Gasteiger partial charge < -0.3 is 9.47 Å². The lowest BCUT2D eigenvalue weighted by Crippen LogP contribution is -2.27. The van der Waals surface area contributed by atoms with Gasteiger partial charge in [0, 0.05) is 11.4 Å². The van der Waals surface area contributed by atoms with Crippen LogP contribution in [-0.4, -0.2) is 23.4 Å². The maximum Gasteiger partial charge on any atom is 0.412 e. The molecular formula is C42H40N2O4. The molecule has 0 fully saturated rings. The van der Waals surface area contributed by atoms with E-state index in [1.165, 1.54) is 0 Å². The standard InChI is InChI=1S/C42H40N2O4/c1-41(2,3)47-39(45)43-29-19-15-27(16-20-29)31-23-25-37(35-13-9-7-11-33(31)35)38-26-24-32(34-12-8-10-14-36(34)38)28-17-21-30(22-18-28)44-40(46)48-42(4,5)6/h7-26H,1-6H3,(H,43,45)(H,44,46). The van der Waals surface area contributed by atoms with Crippen molar-refractivity contribution >= 4 is 45.1 Å². The van der Waals surface area contributed by atoms with Crippen LogP contribution in [0, 0.1) is 0 Å². The number of nitrogens with one attached hydrogen (secondary N) is 2. The molecule has 48 heavy (non-hydrogen) atoms. The lowest BCUT2D eigenvalue weighted by molar-refractivity contribution is 0.0624. The summed E-state index contributed by atoms with van der Waals surface area (Å²) in [5, 5.41) is 10.2. The van der Waals surface area contributed by atoms with Crippen molar-refractivity contribution in [2.24, 2.45) is 0 Å². The van der Waals surface area contributed by atoms with Crippen LogP contribution in [0.1, 0.15) is 41.5 Å². The number of carbonyl (C=O) groups excluding carboxylic acids is 2. The van der Waals surface area contributed by atoms with E-state index < -0.39 is 23.4 Å². The molecule has 0 saturated heterocycles. The fourth-order valence-electron chi connectivity index (χ4n) is 5.88. The summed E-state index contributed by atoms with van der Waals surface area (Å²) >= 11 is 0. The van der Waals surface area contributed by atoms with E-state index in [4.69, 9.17) is 9.47 Å². The van der Waals surface area contributed by atoms with Crippen LogP contribution in [-0.2, 0) is 9.47 Å².